The molecule has 1 aromatic rings. The Kier molecular flexibility index (Phi) is 1.08. The minimum Gasteiger partial charge on any atom is -0.507 e. The monoisotopic (exact) mass is 169 g/mol. The van der Waals surface area contributed by atoms with E-state index in [9.17, 15) is 5.11 Å². The number of phenolic OH excluding ortho intramolecular Hbond substituents is 1. The van der Waals surface area contributed by atoms with Gasteiger partial charge in [-0.1, -0.05) is 18.2 Å². The van der Waals surface area contributed by atoms with Crippen molar-refractivity contribution >= 4 is 5.57 Å². The van der Waals surface area contributed by atoms with E-state index in [2.05, 4.69) is 4.99 Å². The zero-order valence-corrected chi connectivity index (χ0v) is 6.86. The van der Waals surface area contributed by atoms with Crippen LogP contribution in [0, 0.1) is 0 Å². The van der Waals surface area contributed by atoms with Gasteiger partial charge in [-0.2, -0.15) is 0 Å². The SMILES string of the molecule is Oc1cccc2c1=C1C=CC=C1N=2. The Morgan fingerprint density at radius 1 is 1.23 bits per heavy atom. The van der Waals surface area contributed by atoms with E-state index in [0.717, 1.165) is 21.8 Å². The number of allylic oxidation sites excluding steroid dienone is 3. The quantitative estimate of drug-likeness (QED) is 0.607. The highest BCUT2D eigenvalue weighted by Gasteiger charge is 2.14. The van der Waals surface area contributed by atoms with Crippen LogP contribution in [0.3, 0.4) is 0 Å². The highest BCUT2D eigenvalue weighted by Crippen LogP contribution is 2.22. The van der Waals surface area contributed by atoms with Crippen molar-refractivity contribution in [2.45, 2.75) is 0 Å². The molecule has 2 aliphatic rings. The maximum absolute atomic E-state index is 9.64. The molecule has 1 aliphatic heterocycles. The van der Waals surface area contributed by atoms with E-state index in [1.165, 1.54) is 0 Å². The third-order valence-corrected chi connectivity index (χ3v) is 2.32. The molecule has 1 aromatic carbocycles. The number of fused-ring (bicyclic) bond motifs is 2. The first-order chi connectivity index (χ1) is 6.36. The standard InChI is InChI=1S/C11H7NO/c13-10-6-2-5-9-11(10)7-3-1-4-8(7)12-9/h1-6,13H. The van der Waals surface area contributed by atoms with Crippen LogP contribution < -0.4 is 10.6 Å². The molecule has 0 fully saturated rings. The zero-order chi connectivity index (χ0) is 8.84. The number of hydrogen-bond donors (Lipinski definition) is 1. The Morgan fingerprint density at radius 3 is 3.08 bits per heavy atom. The molecule has 1 aliphatic carbocycles. The summed E-state index contributed by atoms with van der Waals surface area (Å²) in [5, 5.41) is 11.4. The highest BCUT2D eigenvalue weighted by atomic mass is 16.3. The average Bonchev–Trinajstić information content (AvgIpc) is 2.62. The molecule has 0 atom stereocenters. The van der Waals surface area contributed by atoms with Gasteiger partial charge in [-0.05, 0) is 18.2 Å². The molecule has 1 N–H and O–H groups in total. The van der Waals surface area contributed by atoms with Crippen LogP contribution in [-0.4, -0.2) is 5.11 Å². The second-order valence-corrected chi connectivity index (χ2v) is 3.11. The molecule has 13 heavy (non-hydrogen) atoms. The molecule has 0 spiro atoms. The Balaban J connectivity index is 2.61. The van der Waals surface area contributed by atoms with E-state index in [1.807, 2.05) is 30.4 Å². The van der Waals surface area contributed by atoms with Crippen molar-refractivity contribution in [2.75, 3.05) is 0 Å². The van der Waals surface area contributed by atoms with Gasteiger partial charge in [-0.25, -0.2) is 4.99 Å². The van der Waals surface area contributed by atoms with Crippen molar-refractivity contribution in [3.8, 4) is 5.75 Å². The molecule has 0 saturated carbocycles. The van der Waals surface area contributed by atoms with E-state index in [4.69, 9.17) is 0 Å². The van der Waals surface area contributed by atoms with Gasteiger partial charge in [-0.3, -0.25) is 0 Å². The van der Waals surface area contributed by atoms with Crippen molar-refractivity contribution in [1.82, 2.24) is 0 Å². The first-order valence-electron chi connectivity index (χ1n) is 4.16. The lowest BCUT2D eigenvalue weighted by Gasteiger charge is -1.91. The van der Waals surface area contributed by atoms with Crippen molar-refractivity contribution in [2.24, 2.45) is 4.99 Å². The van der Waals surface area contributed by atoms with Gasteiger partial charge in [0.25, 0.3) is 0 Å². The summed E-state index contributed by atoms with van der Waals surface area (Å²) in [6, 6.07) is 5.41. The van der Waals surface area contributed by atoms with E-state index >= 15 is 0 Å². The fourth-order valence-corrected chi connectivity index (χ4v) is 1.75. The van der Waals surface area contributed by atoms with Gasteiger partial charge in [0.2, 0.25) is 0 Å². The normalized spacial score (nSPS) is 16.6. The first-order valence-corrected chi connectivity index (χ1v) is 4.16. The molecule has 62 valence electrons. The summed E-state index contributed by atoms with van der Waals surface area (Å²) in [7, 11) is 0. The maximum atomic E-state index is 9.64. The molecule has 0 amide bonds. The molecule has 0 aromatic heterocycles. The van der Waals surface area contributed by atoms with Crippen LogP contribution in [-0.2, 0) is 0 Å². The Morgan fingerprint density at radius 2 is 2.15 bits per heavy atom. The van der Waals surface area contributed by atoms with Gasteiger partial charge >= 0.3 is 0 Å². The molecule has 1 heterocycles. The predicted octanol–water partition coefficient (Wildman–Crippen LogP) is 0.630. The summed E-state index contributed by atoms with van der Waals surface area (Å²) in [6.45, 7) is 0. The van der Waals surface area contributed by atoms with E-state index < -0.39 is 0 Å². The van der Waals surface area contributed by atoms with Gasteiger partial charge in [-0.15, -0.1) is 0 Å². The average molecular weight is 169 g/mol. The van der Waals surface area contributed by atoms with Crippen LogP contribution in [0.25, 0.3) is 5.57 Å². The lowest BCUT2D eigenvalue weighted by atomic mass is 10.1. The number of benzene rings is 1. The Bertz CT molecular complexity index is 564. The number of hydrogen-bond acceptors (Lipinski definition) is 2. The van der Waals surface area contributed by atoms with Crippen LogP contribution in [0.5, 0.6) is 5.75 Å². The van der Waals surface area contributed by atoms with Crippen LogP contribution >= 0.6 is 0 Å². The number of phenols is 1. The number of aromatic hydroxyl groups is 1. The minimum atomic E-state index is 0.311. The summed E-state index contributed by atoms with van der Waals surface area (Å²) in [5.41, 5.74) is 1.99. The third kappa shape index (κ3) is 0.746. The smallest absolute Gasteiger partial charge is 0.125 e. The molecule has 0 saturated heterocycles. The van der Waals surface area contributed by atoms with Crippen LogP contribution in [0.4, 0.5) is 0 Å². The van der Waals surface area contributed by atoms with Crippen LogP contribution in [0.15, 0.2) is 47.1 Å². The largest absolute Gasteiger partial charge is 0.507 e. The number of rotatable bonds is 0. The maximum Gasteiger partial charge on any atom is 0.125 e. The van der Waals surface area contributed by atoms with Gasteiger partial charge in [0.15, 0.2) is 0 Å². The van der Waals surface area contributed by atoms with Crippen molar-refractivity contribution < 1.29 is 5.11 Å². The van der Waals surface area contributed by atoms with Gasteiger partial charge in [0, 0.05) is 5.57 Å². The Labute approximate surface area is 74.9 Å². The van der Waals surface area contributed by atoms with Gasteiger partial charge in [0.1, 0.15) is 5.75 Å². The second-order valence-electron chi connectivity index (χ2n) is 3.11. The lowest BCUT2D eigenvalue weighted by Crippen LogP contribution is -2.22. The fourth-order valence-electron chi connectivity index (χ4n) is 1.75. The van der Waals surface area contributed by atoms with Crippen molar-refractivity contribution in [3.63, 3.8) is 0 Å². The molecule has 2 nitrogen and oxygen atoms in total. The summed E-state index contributed by atoms with van der Waals surface area (Å²) in [5.74, 6) is 0.311. The summed E-state index contributed by atoms with van der Waals surface area (Å²) >= 11 is 0. The van der Waals surface area contributed by atoms with E-state index in [-0.39, 0.29) is 0 Å². The first kappa shape index (κ1) is 6.66. The molecule has 2 heteroatoms. The molecule has 0 radical (unpaired) electrons. The molecule has 3 rings (SSSR count). The molecular formula is C11H7NO. The molecule has 0 bridgehead atoms. The third-order valence-electron chi connectivity index (χ3n) is 2.32. The summed E-state index contributed by atoms with van der Waals surface area (Å²) in [6.07, 6.45) is 5.88. The Hall–Kier alpha value is -1.83. The van der Waals surface area contributed by atoms with Gasteiger partial charge in [0.05, 0.1) is 16.3 Å². The minimum absolute atomic E-state index is 0.311. The molecular weight excluding hydrogens is 162 g/mol. The lowest BCUT2D eigenvalue weighted by molar-refractivity contribution is 0.470. The van der Waals surface area contributed by atoms with Crippen LogP contribution in [0.1, 0.15) is 0 Å². The topological polar surface area (TPSA) is 32.6 Å². The summed E-state index contributed by atoms with van der Waals surface area (Å²) in [4.78, 5) is 4.38. The second kappa shape index (κ2) is 2.10. The van der Waals surface area contributed by atoms with Gasteiger partial charge < -0.3 is 5.11 Å². The van der Waals surface area contributed by atoms with E-state index in [0.29, 0.717) is 5.75 Å². The zero-order valence-electron chi connectivity index (χ0n) is 6.86. The number of nitrogens with zero attached hydrogens (tertiary/aromatic N) is 1. The molecule has 0 unspecified atom stereocenters. The van der Waals surface area contributed by atoms with E-state index in [1.54, 1.807) is 6.07 Å². The van der Waals surface area contributed by atoms with Crippen molar-refractivity contribution in [1.29, 1.82) is 0 Å². The van der Waals surface area contributed by atoms with Crippen LogP contribution in [0.2, 0.25) is 0 Å². The highest BCUT2D eigenvalue weighted by molar-refractivity contribution is 5.79. The summed E-state index contributed by atoms with van der Waals surface area (Å²) < 4.78 is 0. The predicted molar refractivity (Wildman–Crippen MR) is 49.5 cm³/mol. The van der Waals surface area contributed by atoms with Crippen molar-refractivity contribution in [3.05, 3.63) is 52.7 Å². The fraction of sp³-hybridized carbons (Fsp3) is 0.